The standard InChI is InChI=1S/C14H22F3N3OS/c1-2-18-13(20-8-6-12-5-3-10-22-12)19-7-4-9-21-11-14(15,16)17/h3,5,10H,2,4,6-9,11H2,1H3,(H2,18,19,20). The molecule has 0 fully saturated rings. The molecule has 0 aliphatic heterocycles. The number of guanidine groups is 1. The monoisotopic (exact) mass is 337 g/mol. The van der Waals surface area contributed by atoms with Gasteiger partial charge in [-0.1, -0.05) is 6.07 Å². The molecule has 1 heterocycles. The van der Waals surface area contributed by atoms with E-state index >= 15 is 0 Å². The number of rotatable bonds is 9. The lowest BCUT2D eigenvalue weighted by atomic mass is 10.3. The summed E-state index contributed by atoms with van der Waals surface area (Å²) in [6.07, 6.45) is -2.89. The third kappa shape index (κ3) is 9.62. The minimum atomic E-state index is -4.26. The van der Waals surface area contributed by atoms with Crippen LogP contribution in [0, 0.1) is 0 Å². The molecule has 0 unspecified atom stereocenters. The van der Waals surface area contributed by atoms with Gasteiger partial charge in [-0.05, 0) is 31.2 Å². The van der Waals surface area contributed by atoms with E-state index in [4.69, 9.17) is 0 Å². The molecule has 1 aromatic rings. The fraction of sp³-hybridized carbons (Fsp3) is 0.643. The van der Waals surface area contributed by atoms with Crippen LogP contribution < -0.4 is 10.6 Å². The van der Waals surface area contributed by atoms with E-state index in [1.54, 1.807) is 11.3 Å². The average Bonchev–Trinajstić information content (AvgIpc) is 2.94. The first-order valence-electron chi connectivity index (χ1n) is 7.20. The molecule has 0 aromatic carbocycles. The van der Waals surface area contributed by atoms with Crippen LogP contribution in [0.3, 0.4) is 0 Å². The molecule has 4 nitrogen and oxygen atoms in total. The van der Waals surface area contributed by atoms with Crippen molar-refractivity contribution in [2.45, 2.75) is 25.9 Å². The lowest BCUT2D eigenvalue weighted by Gasteiger charge is -2.11. The van der Waals surface area contributed by atoms with E-state index in [1.165, 1.54) is 4.88 Å². The average molecular weight is 337 g/mol. The minimum absolute atomic E-state index is 0.0532. The lowest BCUT2D eigenvalue weighted by molar-refractivity contribution is -0.173. The summed E-state index contributed by atoms with van der Waals surface area (Å²) in [4.78, 5) is 5.60. The molecule has 0 spiro atoms. The highest BCUT2D eigenvalue weighted by atomic mass is 32.1. The molecule has 1 rings (SSSR count). The third-order valence-corrected chi connectivity index (χ3v) is 3.51. The normalized spacial score (nSPS) is 12.5. The van der Waals surface area contributed by atoms with Gasteiger partial charge in [0, 0.05) is 31.1 Å². The van der Waals surface area contributed by atoms with Gasteiger partial charge in [0.25, 0.3) is 0 Å². The van der Waals surface area contributed by atoms with E-state index < -0.39 is 12.8 Å². The Morgan fingerprint density at radius 3 is 2.82 bits per heavy atom. The zero-order valence-corrected chi connectivity index (χ0v) is 13.4. The van der Waals surface area contributed by atoms with Crippen LogP contribution in [0.2, 0.25) is 0 Å². The molecule has 0 radical (unpaired) electrons. The van der Waals surface area contributed by atoms with Gasteiger partial charge in [0.1, 0.15) is 6.61 Å². The highest BCUT2D eigenvalue weighted by Crippen LogP contribution is 2.14. The van der Waals surface area contributed by atoms with Crippen LogP contribution in [0.1, 0.15) is 18.2 Å². The van der Waals surface area contributed by atoms with Gasteiger partial charge in [0.05, 0.1) is 0 Å². The lowest BCUT2D eigenvalue weighted by Crippen LogP contribution is -2.38. The molecule has 0 aliphatic rings. The molecule has 0 amide bonds. The smallest absolute Gasteiger partial charge is 0.372 e. The van der Waals surface area contributed by atoms with E-state index in [1.807, 2.05) is 18.4 Å². The van der Waals surface area contributed by atoms with Crippen LogP contribution >= 0.6 is 11.3 Å². The zero-order valence-electron chi connectivity index (χ0n) is 12.6. The van der Waals surface area contributed by atoms with Gasteiger partial charge < -0.3 is 15.4 Å². The van der Waals surface area contributed by atoms with Gasteiger partial charge in [0.15, 0.2) is 5.96 Å². The van der Waals surface area contributed by atoms with Crippen molar-refractivity contribution in [3.05, 3.63) is 22.4 Å². The molecular weight excluding hydrogens is 315 g/mol. The first-order chi connectivity index (χ1) is 10.5. The fourth-order valence-corrected chi connectivity index (χ4v) is 2.36. The molecule has 126 valence electrons. The molecule has 0 saturated carbocycles. The molecule has 0 bridgehead atoms. The summed E-state index contributed by atoms with van der Waals surface area (Å²) in [5.74, 6) is 0.676. The maximum Gasteiger partial charge on any atom is 0.411 e. The van der Waals surface area contributed by atoms with Crippen LogP contribution in [0.25, 0.3) is 0 Å². The van der Waals surface area contributed by atoms with E-state index in [0.717, 1.165) is 19.5 Å². The maximum absolute atomic E-state index is 11.9. The number of alkyl halides is 3. The Kier molecular flexibility index (Phi) is 8.91. The summed E-state index contributed by atoms with van der Waals surface area (Å²) in [6, 6.07) is 4.09. The number of thiophene rings is 1. The topological polar surface area (TPSA) is 45.7 Å². The van der Waals surface area contributed by atoms with Gasteiger partial charge in [0.2, 0.25) is 0 Å². The first-order valence-corrected chi connectivity index (χ1v) is 8.08. The van der Waals surface area contributed by atoms with Gasteiger partial charge >= 0.3 is 6.18 Å². The van der Waals surface area contributed by atoms with Crippen molar-refractivity contribution in [1.29, 1.82) is 0 Å². The summed E-state index contributed by atoms with van der Waals surface area (Å²) >= 11 is 1.71. The Hall–Kier alpha value is -1.28. The Morgan fingerprint density at radius 2 is 2.18 bits per heavy atom. The highest BCUT2D eigenvalue weighted by Gasteiger charge is 2.27. The van der Waals surface area contributed by atoms with Crippen LogP contribution in [0.4, 0.5) is 13.2 Å². The van der Waals surface area contributed by atoms with Crippen molar-refractivity contribution in [3.63, 3.8) is 0 Å². The highest BCUT2D eigenvalue weighted by molar-refractivity contribution is 7.09. The zero-order chi connectivity index (χ0) is 16.3. The predicted molar refractivity (Wildman–Crippen MR) is 83.5 cm³/mol. The second kappa shape index (κ2) is 10.4. The Morgan fingerprint density at radius 1 is 1.36 bits per heavy atom. The van der Waals surface area contributed by atoms with Crippen molar-refractivity contribution < 1.29 is 17.9 Å². The van der Waals surface area contributed by atoms with Crippen LogP contribution in [-0.2, 0) is 11.2 Å². The number of aliphatic imine (C=N–C) groups is 1. The molecule has 0 saturated heterocycles. The van der Waals surface area contributed by atoms with Crippen molar-refractivity contribution in [2.24, 2.45) is 4.99 Å². The largest absolute Gasteiger partial charge is 0.411 e. The maximum atomic E-state index is 11.9. The fourth-order valence-electron chi connectivity index (χ4n) is 1.65. The number of nitrogens with one attached hydrogen (secondary N) is 2. The van der Waals surface area contributed by atoms with Crippen molar-refractivity contribution >= 4 is 17.3 Å². The molecule has 22 heavy (non-hydrogen) atoms. The molecular formula is C14H22F3N3OS. The summed E-state index contributed by atoms with van der Waals surface area (Å²) in [5.41, 5.74) is 0. The predicted octanol–water partition coefficient (Wildman–Crippen LogP) is 2.81. The summed E-state index contributed by atoms with van der Waals surface area (Å²) in [6.45, 7) is 2.73. The van der Waals surface area contributed by atoms with Gasteiger partial charge in [-0.25, -0.2) is 0 Å². The van der Waals surface area contributed by atoms with Crippen molar-refractivity contribution in [1.82, 2.24) is 10.6 Å². The van der Waals surface area contributed by atoms with Gasteiger partial charge in [-0.15, -0.1) is 11.3 Å². The molecule has 2 N–H and O–H groups in total. The van der Waals surface area contributed by atoms with Crippen LogP contribution in [0.15, 0.2) is 22.5 Å². The van der Waals surface area contributed by atoms with Crippen molar-refractivity contribution in [2.75, 3.05) is 32.8 Å². The minimum Gasteiger partial charge on any atom is -0.372 e. The number of hydrogen-bond acceptors (Lipinski definition) is 3. The Bertz CT molecular complexity index is 421. The molecule has 1 aromatic heterocycles. The third-order valence-electron chi connectivity index (χ3n) is 2.57. The van der Waals surface area contributed by atoms with Gasteiger partial charge in [-0.2, -0.15) is 13.2 Å². The Labute approximate surface area is 132 Å². The summed E-state index contributed by atoms with van der Waals surface area (Å²) in [7, 11) is 0. The van der Waals surface area contributed by atoms with E-state index in [2.05, 4.69) is 26.4 Å². The number of ether oxygens (including phenoxy) is 1. The number of hydrogen-bond donors (Lipinski definition) is 2. The molecule has 0 atom stereocenters. The summed E-state index contributed by atoms with van der Waals surface area (Å²) in [5, 5.41) is 8.34. The Balaban J connectivity index is 2.18. The second-order valence-electron chi connectivity index (χ2n) is 4.54. The van der Waals surface area contributed by atoms with Crippen LogP contribution in [0.5, 0.6) is 0 Å². The van der Waals surface area contributed by atoms with Crippen molar-refractivity contribution in [3.8, 4) is 0 Å². The van der Waals surface area contributed by atoms with E-state index in [0.29, 0.717) is 18.9 Å². The molecule has 8 heteroatoms. The number of nitrogens with zero attached hydrogens (tertiary/aromatic N) is 1. The SMILES string of the molecule is CCNC(=NCCCOCC(F)(F)F)NCCc1cccs1. The first kappa shape index (κ1) is 18.8. The number of halogens is 3. The summed E-state index contributed by atoms with van der Waals surface area (Å²) < 4.78 is 40.2. The van der Waals surface area contributed by atoms with Gasteiger partial charge in [-0.3, -0.25) is 4.99 Å². The quantitative estimate of drug-likeness (QED) is 0.414. The van der Waals surface area contributed by atoms with E-state index in [9.17, 15) is 13.2 Å². The van der Waals surface area contributed by atoms with Crippen LogP contribution in [-0.4, -0.2) is 45.0 Å². The van der Waals surface area contributed by atoms with E-state index in [-0.39, 0.29) is 6.61 Å². The second-order valence-corrected chi connectivity index (χ2v) is 5.57. The molecule has 0 aliphatic carbocycles.